The fraction of sp³-hybridized carbons (Fsp3) is 0.692. The van der Waals surface area contributed by atoms with Gasteiger partial charge in [-0.05, 0) is 50.7 Å². The number of methoxy groups -OCH3 is 1. The fourth-order valence-electron chi connectivity index (χ4n) is 7.54. The van der Waals surface area contributed by atoms with Gasteiger partial charge < -0.3 is 19.7 Å². The number of carbonyl (C=O) groups is 4. The van der Waals surface area contributed by atoms with Gasteiger partial charge in [-0.3, -0.25) is 19.2 Å². The largest absolute Gasteiger partial charge is 0.469 e. The van der Waals surface area contributed by atoms with Crippen molar-refractivity contribution in [2.45, 2.75) is 70.2 Å². The molecule has 0 aromatic heterocycles. The molecular formula is C26H33FO8. The van der Waals surface area contributed by atoms with E-state index in [9.17, 15) is 29.4 Å². The molecule has 3 fully saturated rings. The van der Waals surface area contributed by atoms with E-state index in [-0.39, 0.29) is 31.5 Å². The van der Waals surface area contributed by atoms with Crippen LogP contribution in [-0.4, -0.2) is 64.8 Å². The maximum atomic E-state index is 17.2. The SMILES string of the molecule is CCC(=O)OCC(=O)[C@@]1(O)[C@H](C(=O)OC)C[C@H]2[C@@H]3CCC4=CC(=O)C=C[C@]4(C)[C@@]3(F)[C@@H](O)C[C@@]21C. The van der Waals surface area contributed by atoms with Crippen LogP contribution in [0.15, 0.2) is 23.8 Å². The molecule has 4 aliphatic rings. The lowest BCUT2D eigenvalue weighted by molar-refractivity contribution is -0.221. The van der Waals surface area contributed by atoms with Gasteiger partial charge in [0.1, 0.15) is 5.60 Å². The highest BCUT2D eigenvalue weighted by atomic mass is 19.1. The Morgan fingerprint density at radius 2 is 1.91 bits per heavy atom. The Balaban J connectivity index is 1.79. The van der Waals surface area contributed by atoms with Crippen molar-refractivity contribution in [3.8, 4) is 0 Å². The Morgan fingerprint density at radius 1 is 1.23 bits per heavy atom. The molecule has 0 spiro atoms. The van der Waals surface area contributed by atoms with Gasteiger partial charge >= 0.3 is 11.9 Å². The minimum atomic E-state index is -2.32. The summed E-state index contributed by atoms with van der Waals surface area (Å²) in [4.78, 5) is 49.8. The highest BCUT2D eigenvalue weighted by Gasteiger charge is 2.77. The number of allylic oxidation sites excluding steroid dienone is 4. The van der Waals surface area contributed by atoms with E-state index in [2.05, 4.69) is 0 Å². The van der Waals surface area contributed by atoms with Crippen LogP contribution in [0.4, 0.5) is 4.39 Å². The third-order valence-electron chi connectivity index (χ3n) is 9.46. The van der Waals surface area contributed by atoms with Crippen molar-refractivity contribution < 1.29 is 43.3 Å². The molecule has 0 heterocycles. The zero-order chi connectivity index (χ0) is 26.0. The van der Waals surface area contributed by atoms with E-state index in [1.807, 2.05) is 0 Å². The first kappa shape index (κ1) is 25.7. The molecule has 192 valence electrons. The van der Waals surface area contributed by atoms with Crippen molar-refractivity contribution in [1.82, 2.24) is 0 Å². The zero-order valence-electron chi connectivity index (χ0n) is 20.5. The Morgan fingerprint density at radius 3 is 2.54 bits per heavy atom. The molecule has 0 radical (unpaired) electrons. The van der Waals surface area contributed by atoms with Crippen LogP contribution in [-0.2, 0) is 28.7 Å². The Kier molecular flexibility index (Phi) is 6.12. The van der Waals surface area contributed by atoms with E-state index in [1.54, 1.807) is 20.8 Å². The van der Waals surface area contributed by atoms with E-state index < -0.39 is 70.3 Å². The van der Waals surface area contributed by atoms with Crippen molar-refractivity contribution in [1.29, 1.82) is 0 Å². The van der Waals surface area contributed by atoms with Crippen LogP contribution in [0.25, 0.3) is 0 Å². The van der Waals surface area contributed by atoms with Crippen LogP contribution in [0.2, 0.25) is 0 Å². The third kappa shape index (κ3) is 3.23. The van der Waals surface area contributed by atoms with Gasteiger partial charge in [-0.1, -0.05) is 25.5 Å². The Labute approximate surface area is 203 Å². The molecule has 0 unspecified atom stereocenters. The normalized spacial score (nSPS) is 44.0. The van der Waals surface area contributed by atoms with Gasteiger partial charge in [0.2, 0.25) is 5.78 Å². The van der Waals surface area contributed by atoms with Crippen molar-refractivity contribution in [2.75, 3.05) is 13.7 Å². The summed E-state index contributed by atoms with van der Waals surface area (Å²) in [5, 5.41) is 23.3. The smallest absolute Gasteiger partial charge is 0.312 e. The first-order valence-electron chi connectivity index (χ1n) is 12.1. The molecule has 0 aromatic rings. The second kappa shape index (κ2) is 8.34. The minimum Gasteiger partial charge on any atom is -0.469 e. The van der Waals surface area contributed by atoms with E-state index in [0.717, 1.165) is 7.11 Å². The molecule has 8 nitrogen and oxygen atoms in total. The van der Waals surface area contributed by atoms with Gasteiger partial charge in [0.15, 0.2) is 18.1 Å². The van der Waals surface area contributed by atoms with E-state index >= 15 is 4.39 Å². The Hall–Kier alpha value is -2.39. The zero-order valence-corrected chi connectivity index (χ0v) is 20.5. The lowest BCUT2D eigenvalue weighted by Gasteiger charge is -2.62. The first-order valence-corrected chi connectivity index (χ1v) is 12.1. The minimum absolute atomic E-state index is 0.0199. The maximum Gasteiger partial charge on any atom is 0.312 e. The molecule has 0 saturated heterocycles. The number of carbonyl (C=O) groups excluding carboxylic acids is 4. The molecule has 0 aliphatic heterocycles. The fourth-order valence-corrected chi connectivity index (χ4v) is 7.54. The summed E-state index contributed by atoms with van der Waals surface area (Å²) in [5.41, 5.74) is -6.52. The molecule has 8 atom stereocenters. The number of rotatable bonds is 5. The molecule has 4 aliphatic carbocycles. The number of hydrogen-bond acceptors (Lipinski definition) is 8. The molecule has 0 aromatic carbocycles. The lowest BCUT2D eigenvalue weighted by atomic mass is 9.44. The third-order valence-corrected chi connectivity index (χ3v) is 9.46. The Bertz CT molecular complexity index is 1030. The van der Waals surface area contributed by atoms with Gasteiger partial charge in [0.25, 0.3) is 0 Å². The van der Waals surface area contributed by atoms with Gasteiger partial charge in [-0.2, -0.15) is 0 Å². The number of aliphatic hydroxyl groups is 2. The van der Waals surface area contributed by atoms with E-state index in [4.69, 9.17) is 9.47 Å². The number of hydrogen-bond donors (Lipinski definition) is 2. The lowest BCUT2D eigenvalue weighted by Crippen LogP contribution is -2.69. The summed E-state index contributed by atoms with van der Waals surface area (Å²) in [6, 6.07) is 0. The number of esters is 2. The average Bonchev–Trinajstić information content (AvgIpc) is 3.06. The molecule has 0 bridgehead atoms. The quantitative estimate of drug-likeness (QED) is 0.558. The van der Waals surface area contributed by atoms with Crippen LogP contribution in [0.1, 0.15) is 52.9 Å². The molecule has 2 N–H and O–H groups in total. The van der Waals surface area contributed by atoms with Crippen molar-refractivity contribution in [3.05, 3.63) is 23.8 Å². The summed E-state index contributed by atoms with van der Waals surface area (Å²) in [7, 11) is 1.14. The number of ketones is 2. The number of Topliss-reactive ketones (excluding diaryl/α,β-unsaturated/α-hetero) is 1. The van der Waals surface area contributed by atoms with Crippen molar-refractivity contribution in [2.24, 2.45) is 28.6 Å². The van der Waals surface area contributed by atoms with Crippen molar-refractivity contribution >= 4 is 23.5 Å². The van der Waals surface area contributed by atoms with Gasteiger partial charge in [-0.25, -0.2) is 4.39 Å². The second-order valence-electron chi connectivity index (χ2n) is 10.8. The molecule has 4 rings (SSSR count). The molecular weight excluding hydrogens is 459 g/mol. The second-order valence-corrected chi connectivity index (χ2v) is 10.8. The van der Waals surface area contributed by atoms with Crippen molar-refractivity contribution in [3.63, 3.8) is 0 Å². The summed E-state index contributed by atoms with van der Waals surface area (Å²) < 4.78 is 27.1. The average molecular weight is 493 g/mol. The maximum absolute atomic E-state index is 17.2. The van der Waals surface area contributed by atoms with Crippen LogP contribution >= 0.6 is 0 Å². The molecule has 3 saturated carbocycles. The first-order chi connectivity index (χ1) is 16.3. The number of alkyl halides is 1. The highest BCUT2D eigenvalue weighted by molar-refractivity contribution is 6.01. The molecule has 0 amide bonds. The summed E-state index contributed by atoms with van der Waals surface area (Å²) >= 11 is 0. The van der Waals surface area contributed by atoms with Gasteiger partial charge in [0, 0.05) is 23.2 Å². The number of halogens is 1. The summed E-state index contributed by atoms with van der Waals surface area (Å²) in [6.45, 7) is 4.07. The number of ether oxygens (including phenoxy) is 2. The monoisotopic (exact) mass is 492 g/mol. The van der Waals surface area contributed by atoms with Crippen LogP contribution in [0.5, 0.6) is 0 Å². The standard InChI is InChI=1S/C26H33FO8/c1-5-21(31)35-13-20(30)26(33)18(22(32)34-4)11-17-16-7-6-14-10-15(28)8-9-23(14,2)25(16,27)19(29)12-24(17,26)3/h8-10,16-19,29,33H,5-7,11-13H2,1-4H3/t16-,17-,18-,19-,23-,24-,25-,26-/m0/s1. The predicted octanol–water partition coefficient (Wildman–Crippen LogP) is 2.01. The topological polar surface area (TPSA) is 127 Å². The van der Waals surface area contributed by atoms with E-state index in [0.29, 0.717) is 12.0 Å². The van der Waals surface area contributed by atoms with Gasteiger partial charge in [-0.15, -0.1) is 0 Å². The van der Waals surface area contributed by atoms with Crippen LogP contribution in [0.3, 0.4) is 0 Å². The summed E-state index contributed by atoms with van der Waals surface area (Å²) in [5.74, 6) is -5.32. The highest BCUT2D eigenvalue weighted by Crippen LogP contribution is 2.70. The summed E-state index contributed by atoms with van der Waals surface area (Å²) in [6.07, 6.45) is 3.05. The van der Waals surface area contributed by atoms with Gasteiger partial charge in [0.05, 0.1) is 19.1 Å². The van der Waals surface area contributed by atoms with E-state index in [1.165, 1.54) is 18.2 Å². The number of fused-ring (bicyclic) bond motifs is 5. The number of aliphatic hydroxyl groups excluding tert-OH is 1. The van der Waals surface area contributed by atoms with Crippen LogP contribution < -0.4 is 0 Å². The molecule has 35 heavy (non-hydrogen) atoms. The van der Waals surface area contributed by atoms with Crippen LogP contribution in [0, 0.1) is 28.6 Å². The predicted molar refractivity (Wildman–Crippen MR) is 120 cm³/mol. The molecule has 9 heteroatoms.